The molecule has 0 saturated heterocycles. The highest BCUT2D eigenvalue weighted by Crippen LogP contribution is 2.23. The normalized spacial score (nSPS) is 12.0. The van der Waals surface area contributed by atoms with Crippen LogP contribution in [0.1, 0.15) is 28.4 Å². The zero-order valence-electron chi connectivity index (χ0n) is 14.1. The highest BCUT2D eigenvalue weighted by Gasteiger charge is 2.10. The molecule has 126 valence electrons. The van der Waals surface area contributed by atoms with E-state index in [-0.39, 0.29) is 11.8 Å². The number of hydrogen-bond donors (Lipinski definition) is 1. The SMILES string of the molecule is CC(N)Cc1cccc(-c2ccc(C(=O)c3cccc(Br)c3)cc2)c1. The molecule has 3 aromatic rings. The molecule has 2 N–H and O–H groups in total. The maximum Gasteiger partial charge on any atom is 0.193 e. The molecule has 0 spiro atoms. The molecule has 0 saturated carbocycles. The molecule has 0 heterocycles. The molecule has 2 nitrogen and oxygen atoms in total. The van der Waals surface area contributed by atoms with Crippen molar-refractivity contribution in [1.82, 2.24) is 0 Å². The lowest BCUT2D eigenvalue weighted by molar-refractivity contribution is 0.103. The number of carbonyl (C=O) groups excluding carboxylic acids is 1. The van der Waals surface area contributed by atoms with E-state index in [0.717, 1.165) is 22.0 Å². The fourth-order valence-electron chi connectivity index (χ4n) is 2.86. The minimum Gasteiger partial charge on any atom is -0.328 e. The van der Waals surface area contributed by atoms with Crippen molar-refractivity contribution >= 4 is 21.7 Å². The number of carbonyl (C=O) groups is 1. The molecule has 0 aliphatic heterocycles. The number of nitrogens with two attached hydrogens (primary N) is 1. The van der Waals surface area contributed by atoms with Crippen LogP contribution in [0.3, 0.4) is 0 Å². The average Bonchev–Trinajstić information content (AvgIpc) is 2.61. The Balaban J connectivity index is 1.84. The van der Waals surface area contributed by atoms with Gasteiger partial charge in [-0.15, -0.1) is 0 Å². The molecule has 0 bridgehead atoms. The lowest BCUT2D eigenvalue weighted by Gasteiger charge is -2.09. The van der Waals surface area contributed by atoms with Gasteiger partial charge in [0.25, 0.3) is 0 Å². The lowest BCUT2D eigenvalue weighted by Crippen LogP contribution is -2.17. The van der Waals surface area contributed by atoms with Crippen LogP contribution in [0.15, 0.2) is 77.3 Å². The van der Waals surface area contributed by atoms with Crippen LogP contribution in [0.5, 0.6) is 0 Å². The van der Waals surface area contributed by atoms with Gasteiger partial charge in [0.1, 0.15) is 0 Å². The topological polar surface area (TPSA) is 43.1 Å². The van der Waals surface area contributed by atoms with Gasteiger partial charge in [0.2, 0.25) is 0 Å². The second-order valence-electron chi connectivity index (χ2n) is 6.30. The van der Waals surface area contributed by atoms with E-state index in [2.05, 4.69) is 34.1 Å². The Morgan fingerprint density at radius 3 is 2.32 bits per heavy atom. The fourth-order valence-corrected chi connectivity index (χ4v) is 3.26. The maximum absolute atomic E-state index is 12.6. The third-order valence-corrected chi connectivity index (χ3v) is 4.55. The van der Waals surface area contributed by atoms with Crippen molar-refractivity contribution in [3.63, 3.8) is 0 Å². The van der Waals surface area contributed by atoms with Crippen molar-refractivity contribution in [2.75, 3.05) is 0 Å². The molecular formula is C22H20BrNO. The first-order valence-corrected chi connectivity index (χ1v) is 9.07. The highest BCUT2D eigenvalue weighted by atomic mass is 79.9. The molecule has 3 rings (SSSR count). The summed E-state index contributed by atoms with van der Waals surface area (Å²) in [5.74, 6) is 0.0264. The van der Waals surface area contributed by atoms with Gasteiger partial charge < -0.3 is 5.73 Å². The monoisotopic (exact) mass is 393 g/mol. The summed E-state index contributed by atoms with van der Waals surface area (Å²) in [5, 5.41) is 0. The van der Waals surface area contributed by atoms with E-state index < -0.39 is 0 Å². The van der Waals surface area contributed by atoms with Gasteiger partial charge in [-0.05, 0) is 42.2 Å². The largest absolute Gasteiger partial charge is 0.328 e. The van der Waals surface area contributed by atoms with Gasteiger partial charge in [0.05, 0.1) is 0 Å². The summed E-state index contributed by atoms with van der Waals surface area (Å²) in [6, 6.07) is 23.7. The van der Waals surface area contributed by atoms with E-state index in [9.17, 15) is 4.79 Å². The van der Waals surface area contributed by atoms with Crippen molar-refractivity contribution in [3.05, 3.63) is 94.0 Å². The van der Waals surface area contributed by atoms with E-state index in [1.165, 1.54) is 5.56 Å². The van der Waals surface area contributed by atoms with Crippen LogP contribution in [0.25, 0.3) is 11.1 Å². The maximum atomic E-state index is 12.6. The predicted molar refractivity (Wildman–Crippen MR) is 107 cm³/mol. The number of rotatable bonds is 5. The number of hydrogen-bond acceptors (Lipinski definition) is 2. The zero-order valence-corrected chi connectivity index (χ0v) is 15.7. The Bertz CT molecular complexity index is 885. The fraction of sp³-hybridized carbons (Fsp3) is 0.136. The van der Waals surface area contributed by atoms with Gasteiger partial charge in [0, 0.05) is 21.6 Å². The van der Waals surface area contributed by atoms with E-state index in [1.807, 2.05) is 61.5 Å². The highest BCUT2D eigenvalue weighted by molar-refractivity contribution is 9.10. The van der Waals surface area contributed by atoms with Gasteiger partial charge in [-0.3, -0.25) is 4.79 Å². The second kappa shape index (κ2) is 7.77. The first kappa shape index (κ1) is 17.6. The van der Waals surface area contributed by atoms with Crippen LogP contribution < -0.4 is 5.73 Å². The van der Waals surface area contributed by atoms with Gasteiger partial charge in [-0.25, -0.2) is 0 Å². The summed E-state index contributed by atoms with van der Waals surface area (Å²) >= 11 is 3.41. The minimum absolute atomic E-state index is 0.0264. The van der Waals surface area contributed by atoms with Gasteiger partial charge in [-0.2, -0.15) is 0 Å². The van der Waals surface area contributed by atoms with Crippen molar-refractivity contribution in [3.8, 4) is 11.1 Å². The number of halogens is 1. The van der Waals surface area contributed by atoms with Crippen LogP contribution in [0.2, 0.25) is 0 Å². The zero-order chi connectivity index (χ0) is 17.8. The molecule has 0 aromatic heterocycles. The Kier molecular flexibility index (Phi) is 5.47. The van der Waals surface area contributed by atoms with Crippen LogP contribution in [-0.2, 0) is 6.42 Å². The van der Waals surface area contributed by atoms with Gasteiger partial charge >= 0.3 is 0 Å². The summed E-state index contributed by atoms with van der Waals surface area (Å²) in [7, 11) is 0. The van der Waals surface area contributed by atoms with E-state index >= 15 is 0 Å². The molecule has 0 radical (unpaired) electrons. The van der Waals surface area contributed by atoms with E-state index in [0.29, 0.717) is 11.1 Å². The molecule has 0 fully saturated rings. The summed E-state index contributed by atoms with van der Waals surface area (Å²) in [5.41, 5.74) is 10.7. The summed E-state index contributed by atoms with van der Waals surface area (Å²) in [6.45, 7) is 2.01. The third-order valence-electron chi connectivity index (χ3n) is 4.05. The van der Waals surface area contributed by atoms with E-state index in [4.69, 9.17) is 5.73 Å². The molecule has 0 aliphatic rings. The van der Waals surface area contributed by atoms with Crippen molar-refractivity contribution in [1.29, 1.82) is 0 Å². The van der Waals surface area contributed by atoms with Crippen molar-refractivity contribution < 1.29 is 4.79 Å². The molecule has 25 heavy (non-hydrogen) atoms. The predicted octanol–water partition coefficient (Wildman–Crippen LogP) is 5.24. The Morgan fingerprint density at radius 2 is 1.64 bits per heavy atom. The quantitative estimate of drug-likeness (QED) is 0.602. The minimum atomic E-state index is 0.0264. The molecule has 1 unspecified atom stereocenters. The second-order valence-corrected chi connectivity index (χ2v) is 7.21. The smallest absolute Gasteiger partial charge is 0.193 e. The van der Waals surface area contributed by atoms with Crippen LogP contribution in [-0.4, -0.2) is 11.8 Å². The van der Waals surface area contributed by atoms with Gasteiger partial charge in [0.15, 0.2) is 5.78 Å². The molecule has 1 atom stereocenters. The van der Waals surface area contributed by atoms with E-state index in [1.54, 1.807) is 0 Å². The van der Waals surface area contributed by atoms with Crippen LogP contribution >= 0.6 is 15.9 Å². The molecule has 0 amide bonds. The summed E-state index contributed by atoms with van der Waals surface area (Å²) in [4.78, 5) is 12.6. The summed E-state index contributed by atoms with van der Waals surface area (Å²) in [6.07, 6.45) is 0.854. The summed E-state index contributed by atoms with van der Waals surface area (Å²) < 4.78 is 0.904. The Labute approximate surface area is 156 Å². The van der Waals surface area contributed by atoms with Crippen molar-refractivity contribution in [2.45, 2.75) is 19.4 Å². The molecular weight excluding hydrogens is 374 g/mol. The third kappa shape index (κ3) is 4.44. The first-order valence-electron chi connectivity index (χ1n) is 8.28. The first-order chi connectivity index (χ1) is 12.0. The molecule has 3 heteroatoms. The van der Waals surface area contributed by atoms with Gasteiger partial charge in [-0.1, -0.05) is 76.6 Å². The van der Waals surface area contributed by atoms with Crippen LogP contribution in [0, 0.1) is 0 Å². The molecule has 0 aliphatic carbocycles. The Hall–Kier alpha value is -2.23. The number of ketones is 1. The molecule has 3 aromatic carbocycles. The van der Waals surface area contributed by atoms with Crippen LogP contribution in [0.4, 0.5) is 0 Å². The standard InChI is InChI=1S/C22H20BrNO/c1-15(24)12-16-4-2-5-19(13-16)17-8-10-18(11-9-17)22(25)20-6-3-7-21(23)14-20/h2-11,13-15H,12,24H2,1H3. The van der Waals surface area contributed by atoms with Crippen molar-refractivity contribution in [2.24, 2.45) is 5.73 Å². The lowest BCUT2D eigenvalue weighted by atomic mass is 9.97. The average molecular weight is 394 g/mol. The Morgan fingerprint density at radius 1 is 0.920 bits per heavy atom. The number of benzene rings is 3.